The number of nitrogen functional groups attached to an aromatic ring is 1. The molecule has 0 aliphatic rings. The Balaban J connectivity index is 2.26. The van der Waals surface area contributed by atoms with Crippen LogP contribution in [0.4, 0.5) is 10.2 Å². The van der Waals surface area contributed by atoms with Gasteiger partial charge in [0.25, 0.3) is 0 Å². The van der Waals surface area contributed by atoms with Crippen molar-refractivity contribution in [2.75, 3.05) is 5.73 Å². The zero-order chi connectivity index (χ0) is 10.8. The molecule has 2 rings (SSSR count). The third kappa shape index (κ3) is 1.98. The van der Waals surface area contributed by atoms with Crippen molar-refractivity contribution in [1.29, 1.82) is 0 Å². The van der Waals surface area contributed by atoms with Gasteiger partial charge in [0.1, 0.15) is 11.6 Å². The third-order valence-corrected chi connectivity index (χ3v) is 2.29. The first kappa shape index (κ1) is 9.71. The summed E-state index contributed by atoms with van der Waals surface area (Å²) in [6.07, 6.45) is 1.70. The minimum absolute atomic E-state index is 0.241. The lowest BCUT2D eigenvalue weighted by molar-refractivity contribution is 0.620. The van der Waals surface area contributed by atoms with Crippen molar-refractivity contribution in [3.63, 3.8) is 0 Å². The van der Waals surface area contributed by atoms with Crippen LogP contribution in [0.3, 0.4) is 0 Å². The summed E-state index contributed by atoms with van der Waals surface area (Å²) in [5.74, 6) is 0.384. The first-order valence-corrected chi connectivity index (χ1v) is 4.69. The quantitative estimate of drug-likeness (QED) is 0.814. The van der Waals surface area contributed by atoms with Crippen molar-refractivity contribution in [2.45, 2.75) is 13.5 Å². The van der Waals surface area contributed by atoms with E-state index in [1.165, 1.54) is 12.1 Å². The molecule has 1 heterocycles. The highest BCUT2D eigenvalue weighted by molar-refractivity contribution is 5.37. The second-order valence-electron chi connectivity index (χ2n) is 3.50. The number of aromatic nitrogens is 2. The predicted octanol–water partition coefficient (Wildman–Crippen LogP) is 1.96. The molecule has 4 heteroatoms. The fraction of sp³-hybridized carbons (Fsp3) is 0.182. The lowest BCUT2D eigenvalue weighted by Gasteiger charge is -2.04. The van der Waals surface area contributed by atoms with E-state index < -0.39 is 0 Å². The molecule has 0 atom stereocenters. The highest BCUT2D eigenvalue weighted by Gasteiger charge is 2.03. The summed E-state index contributed by atoms with van der Waals surface area (Å²) in [6.45, 7) is 2.39. The van der Waals surface area contributed by atoms with Gasteiger partial charge in [-0.25, -0.2) is 9.07 Å². The largest absolute Gasteiger partial charge is 0.384 e. The first-order chi connectivity index (χ1) is 7.16. The van der Waals surface area contributed by atoms with Gasteiger partial charge >= 0.3 is 0 Å². The van der Waals surface area contributed by atoms with E-state index in [2.05, 4.69) is 5.10 Å². The maximum Gasteiger partial charge on any atom is 0.124 e. The average molecular weight is 205 g/mol. The molecule has 0 amide bonds. The Morgan fingerprint density at radius 3 is 2.87 bits per heavy atom. The van der Waals surface area contributed by atoms with Crippen molar-refractivity contribution < 1.29 is 4.39 Å². The molecular formula is C11H12FN3. The summed E-state index contributed by atoms with van der Waals surface area (Å²) in [5.41, 5.74) is 7.58. The van der Waals surface area contributed by atoms with E-state index in [0.29, 0.717) is 12.4 Å². The van der Waals surface area contributed by atoms with E-state index in [4.69, 9.17) is 5.73 Å². The van der Waals surface area contributed by atoms with Crippen LogP contribution in [0.25, 0.3) is 0 Å². The zero-order valence-corrected chi connectivity index (χ0v) is 8.44. The summed E-state index contributed by atoms with van der Waals surface area (Å²) in [6, 6.07) is 6.42. The van der Waals surface area contributed by atoms with Gasteiger partial charge in [0, 0.05) is 5.56 Å². The highest BCUT2D eigenvalue weighted by atomic mass is 19.1. The van der Waals surface area contributed by atoms with E-state index >= 15 is 0 Å². The standard InChI is InChI=1S/C11H12FN3/c1-8-6-14-15(11(8)13)7-9-3-2-4-10(12)5-9/h2-6H,7,13H2,1H3. The molecule has 1 aromatic heterocycles. The minimum atomic E-state index is -0.241. The number of hydrogen-bond acceptors (Lipinski definition) is 2. The van der Waals surface area contributed by atoms with Crippen LogP contribution in [0, 0.1) is 12.7 Å². The number of anilines is 1. The highest BCUT2D eigenvalue weighted by Crippen LogP contribution is 2.12. The summed E-state index contributed by atoms with van der Waals surface area (Å²) in [7, 11) is 0. The lowest BCUT2D eigenvalue weighted by Crippen LogP contribution is -2.06. The maximum atomic E-state index is 12.9. The molecule has 0 spiro atoms. The van der Waals surface area contributed by atoms with E-state index in [1.807, 2.05) is 13.0 Å². The lowest BCUT2D eigenvalue weighted by atomic mass is 10.2. The molecule has 2 N–H and O–H groups in total. The van der Waals surface area contributed by atoms with Crippen molar-refractivity contribution in [2.24, 2.45) is 0 Å². The molecule has 0 fully saturated rings. The van der Waals surface area contributed by atoms with Crippen LogP contribution < -0.4 is 5.73 Å². The second kappa shape index (κ2) is 3.73. The Bertz CT molecular complexity index is 476. The maximum absolute atomic E-state index is 12.9. The molecule has 0 saturated heterocycles. The number of nitrogens with two attached hydrogens (primary N) is 1. The number of halogens is 1. The van der Waals surface area contributed by atoms with Crippen molar-refractivity contribution in [3.05, 3.63) is 47.4 Å². The topological polar surface area (TPSA) is 43.8 Å². The fourth-order valence-corrected chi connectivity index (χ4v) is 1.42. The molecule has 0 unspecified atom stereocenters. The molecule has 0 aliphatic carbocycles. The molecule has 2 aromatic rings. The van der Waals surface area contributed by atoms with Crippen molar-refractivity contribution >= 4 is 5.82 Å². The normalized spacial score (nSPS) is 10.5. The number of hydrogen-bond donors (Lipinski definition) is 1. The zero-order valence-electron chi connectivity index (χ0n) is 8.44. The van der Waals surface area contributed by atoms with Crippen molar-refractivity contribution in [1.82, 2.24) is 9.78 Å². The molecular weight excluding hydrogens is 193 g/mol. The molecule has 1 aromatic carbocycles. The Hall–Kier alpha value is -1.84. The van der Waals surface area contributed by atoms with E-state index in [1.54, 1.807) is 16.9 Å². The Kier molecular flexibility index (Phi) is 2.41. The van der Waals surface area contributed by atoms with Gasteiger partial charge in [0.2, 0.25) is 0 Å². The number of rotatable bonds is 2. The van der Waals surface area contributed by atoms with E-state index in [0.717, 1.165) is 11.1 Å². The fourth-order valence-electron chi connectivity index (χ4n) is 1.42. The molecule has 15 heavy (non-hydrogen) atoms. The van der Waals surface area contributed by atoms with Gasteiger partial charge in [-0.1, -0.05) is 12.1 Å². The van der Waals surface area contributed by atoms with Gasteiger partial charge in [-0.15, -0.1) is 0 Å². The second-order valence-corrected chi connectivity index (χ2v) is 3.50. The molecule has 0 radical (unpaired) electrons. The summed E-state index contributed by atoms with van der Waals surface area (Å²) < 4.78 is 14.6. The number of benzene rings is 1. The van der Waals surface area contributed by atoms with Gasteiger partial charge in [0.05, 0.1) is 12.7 Å². The average Bonchev–Trinajstić information content (AvgIpc) is 2.50. The molecule has 3 nitrogen and oxygen atoms in total. The Labute approximate surface area is 87.3 Å². The van der Waals surface area contributed by atoms with Crippen LogP contribution in [0.2, 0.25) is 0 Å². The monoisotopic (exact) mass is 205 g/mol. The summed E-state index contributed by atoms with van der Waals surface area (Å²) >= 11 is 0. The van der Waals surface area contributed by atoms with Crippen LogP contribution in [-0.2, 0) is 6.54 Å². The summed E-state index contributed by atoms with van der Waals surface area (Å²) in [5, 5.41) is 4.11. The van der Waals surface area contributed by atoms with Crippen LogP contribution in [0.15, 0.2) is 30.5 Å². The number of aryl methyl sites for hydroxylation is 1. The van der Waals surface area contributed by atoms with E-state index in [-0.39, 0.29) is 5.82 Å². The Morgan fingerprint density at radius 1 is 1.47 bits per heavy atom. The van der Waals surface area contributed by atoms with Gasteiger partial charge < -0.3 is 5.73 Å². The van der Waals surface area contributed by atoms with Crippen LogP contribution >= 0.6 is 0 Å². The van der Waals surface area contributed by atoms with Crippen LogP contribution in [0.5, 0.6) is 0 Å². The van der Waals surface area contributed by atoms with Crippen LogP contribution in [0.1, 0.15) is 11.1 Å². The number of nitrogens with zero attached hydrogens (tertiary/aromatic N) is 2. The third-order valence-electron chi connectivity index (χ3n) is 2.29. The predicted molar refractivity (Wildman–Crippen MR) is 56.9 cm³/mol. The van der Waals surface area contributed by atoms with Gasteiger partial charge in [0.15, 0.2) is 0 Å². The summed E-state index contributed by atoms with van der Waals surface area (Å²) in [4.78, 5) is 0. The van der Waals surface area contributed by atoms with Gasteiger partial charge in [-0.3, -0.25) is 0 Å². The molecule has 0 aliphatic heterocycles. The van der Waals surface area contributed by atoms with Crippen molar-refractivity contribution in [3.8, 4) is 0 Å². The van der Waals surface area contributed by atoms with Gasteiger partial charge in [-0.05, 0) is 24.6 Å². The Morgan fingerprint density at radius 2 is 2.27 bits per heavy atom. The van der Waals surface area contributed by atoms with E-state index in [9.17, 15) is 4.39 Å². The molecule has 0 saturated carbocycles. The minimum Gasteiger partial charge on any atom is -0.384 e. The first-order valence-electron chi connectivity index (χ1n) is 4.69. The SMILES string of the molecule is Cc1cnn(Cc2cccc(F)c2)c1N. The smallest absolute Gasteiger partial charge is 0.124 e. The molecule has 78 valence electrons. The van der Waals surface area contributed by atoms with Gasteiger partial charge in [-0.2, -0.15) is 5.10 Å². The van der Waals surface area contributed by atoms with Crippen LogP contribution in [-0.4, -0.2) is 9.78 Å². The molecule has 0 bridgehead atoms.